The third-order valence-electron chi connectivity index (χ3n) is 7.46. The summed E-state index contributed by atoms with van der Waals surface area (Å²) in [5.74, 6) is 2.21. The van der Waals surface area contributed by atoms with Crippen LogP contribution in [0.2, 0.25) is 0 Å². The fourth-order valence-corrected chi connectivity index (χ4v) is 5.29. The van der Waals surface area contributed by atoms with Gasteiger partial charge in [0.2, 0.25) is 0 Å². The summed E-state index contributed by atoms with van der Waals surface area (Å²) in [5, 5.41) is 3.52. The highest BCUT2D eigenvalue weighted by atomic mass is 16.5. The molecule has 3 aromatic heterocycles. The van der Waals surface area contributed by atoms with E-state index in [0.717, 1.165) is 59.4 Å². The summed E-state index contributed by atoms with van der Waals surface area (Å²) in [6.07, 6.45) is 6.99. The van der Waals surface area contributed by atoms with Gasteiger partial charge in [-0.1, -0.05) is 0 Å². The van der Waals surface area contributed by atoms with Gasteiger partial charge in [-0.3, -0.25) is 14.8 Å². The van der Waals surface area contributed by atoms with Gasteiger partial charge < -0.3 is 24.7 Å². The lowest BCUT2D eigenvalue weighted by Gasteiger charge is -2.29. The first-order chi connectivity index (χ1) is 18.7. The molecular formula is C30H29N5O3. The number of anilines is 2. The van der Waals surface area contributed by atoms with Gasteiger partial charge in [0.1, 0.15) is 11.4 Å². The third kappa shape index (κ3) is 4.63. The van der Waals surface area contributed by atoms with Gasteiger partial charge >= 0.3 is 0 Å². The maximum absolute atomic E-state index is 12.6. The van der Waals surface area contributed by atoms with E-state index in [1.54, 1.807) is 12.3 Å². The summed E-state index contributed by atoms with van der Waals surface area (Å²) >= 11 is 0. The number of nitrogens with zero attached hydrogens (tertiary/aromatic N) is 3. The van der Waals surface area contributed by atoms with Crippen molar-refractivity contribution >= 4 is 11.4 Å². The van der Waals surface area contributed by atoms with Crippen LogP contribution in [0, 0.1) is 0 Å². The molecule has 0 radical (unpaired) electrons. The second-order valence-electron chi connectivity index (χ2n) is 10.2. The number of H-pyrrole nitrogens is 1. The molecule has 5 heterocycles. The summed E-state index contributed by atoms with van der Waals surface area (Å²) in [6.45, 7) is 3.50. The molecule has 1 saturated heterocycles. The van der Waals surface area contributed by atoms with Crippen LogP contribution in [-0.4, -0.2) is 41.3 Å². The van der Waals surface area contributed by atoms with E-state index < -0.39 is 0 Å². The first kappa shape index (κ1) is 23.0. The molecule has 0 unspecified atom stereocenters. The molecule has 3 aliphatic rings. The van der Waals surface area contributed by atoms with Crippen LogP contribution in [-0.2, 0) is 17.7 Å². The Morgan fingerprint density at radius 1 is 0.974 bits per heavy atom. The molecule has 38 heavy (non-hydrogen) atoms. The van der Waals surface area contributed by atoms with Crippen LogP contribution >= 0.6 is 0 Å². The fraction of sp³-hybridized carbons (Fsp3) is 0.300. The van der Waals surface area contributed by atoms with Crippen molar-refractivity contribution in [1.82, 2.24) is 15.0 Å². The molecule has 192 valence electrons. The molecule has 0 spiro atoms. The SMILES string of the molecule is O=c1cc(N2CCOCC2)cc(-c2nccc3c2Oc2ccc(NCc4cc(C5CC5)ccn4)cc2C3)[nH]1. The number of ether oxygens (including phenoxy) is 2. The molecule has 0 amide bonds. The van der Waals surface area contributed by atoms with Gasteiger partial charge in [-0.25, -0.2) is 0 Å². The molecule has 8 nitrogen and oxygen atoms in total. The second kappa shape index (κ2) is 9.61. The van der Waals surface area contributed by atoms with Crippen molar-refractivity contribution in [3.63, 3.8) is 0 Å². The maximum Gasteiger partial charge on any atom is 0.250 e. The lowest BCUT2D eigenvalue weighted by atomic mass is 9.99. The van der Waals surface area contributed by atoms with E-state index in [0.29, 0.717) is 36.9 Å². The van der Waals surface area contributed by atoms with Gasteiger partial charge in [-0.2, -0.15) is 0 Å². The average molecular weight is 508 g/mol. The highest BCUT2D eigenvalue weighted by Crippen LogP contribution is 2.42. The van der Waals surface area contributed by atoms with Crippen LogP contribution in [0.1, 0.15) is 41.1 Å². The van der Waals surface area contributed by atoms with Crippen LogP contribution in [0.15, 0.2) is 65.7 Å². The Kier molecular flexibility index (Phi) is 5.81. The first-order valence-electron chi connectivity index (χ1n) is 13.2. The van der Waals surface area contributed by atoms with Gasteiger partial charge in [-0.05, 0) is 66.8 Å². The van der Waals surface area contributed by atoms with E-state index >= 15 is 0 Å². The predicted octanol–water partition coefficient (Wildman–Crippen LogP) is 4.85. The number of hydrogen-bond acceptors (Lipinski definition) is 7. The lowest BCUT2D eigenvalue weighted by Crippen LogP contribution is -2.36. The van der Waals surface area contributed by atoms with Crippen LogP contribution in [0.25, 0.3) is 11.4 Å². The van der Waals surface area contributed by atoms with Crippen LogP contribution in [0.5, 0.6) is 11.5 Å². The van der Waals surface area contributed by atoms with Crippen molar-refractivity contribution in [2.45, 2.75) is 31.7 Å². The van der Waals surface area contributed by atoms with Crippen molar-refractivity contribution in [3.8, 4) is 22.9 Å². The zero-order valence-electron chi connectivity index (χ0n) is 21.1. The Hall–Kier alpha value is -4.17. The van der Waals surface area contributed by atoms with Crippen LogP contribution in [0.3, 0.4) is 0 Å². The smallest absolute Gasteiger partial charge is 0.250 e. The van der Waals surface area contributed by atoms with Crippen molar-refractivity contribution in [1.29, 1.82) is 0 Å². The average Bonchev–Trinajstić information content (AvgIpc) is 3.81. The number of hydrogen-bond donors (Lipinski definition) is 2. The number of rotatable bonds is 6. The maximum atomic E-state index is 12.6. The number of aromatic amines is 1. The summed E-state index contributed by atoms with van der Waals surface area (Å²) < 4.78 is 11.9. The largest absolute Gasteiger partial charge is 0.454 e. The predicted molar refractivity (Wildman–Crippen MR) is 146 cm³/mol. The topological polar surface area (TPSA) is 92.4 Å². The van der Waals surface area contributed by atoms with Crippen molar-refractivity contribution < 1.29 is 9.47 Å². The van der Waals surface area contributed by atoms with Crippen molar-refractivity contribution in [2.24, 2.45) is 0 Å². The molecule has 7 rings (SSSR count). The first-order valence-corrected chi connectivity index (χ1v) is 13.2. The Balaban J connectivity index is 1.12. The molecule has 2 N–H and O–H groups in total. The van der Waals surface area contributed by atoms with Gasteiger partial charge in [0, 0.05) is 60.5 Å². The summed E-state index contributed by atoms with van der Waals surface area (Å²) in [7, 11) is 0. The molecule has 0 atom stereocenters. The standard InChI is InChI=1S/C30H29N5O3/c36-28-17-25(35-9-11-37-12-10-35)16-26(34-28)29-30-21(6-8-32-29)13-22-15-23(3-4-27(22)38-30)33-18-24-14-20(5-7-31-24)19-1-2-19/h3-8,14-17,19,33H,1-2,9-13,18H2,(H,34,36). The van der Waals surface area contributed by atoms with E-state index in [4.69, 9.17) is 9.47 Å². The number of fused-ring (bicyclic) bond motifs is 2. The monoisotopic (exact) mass is 507 g/mol. The zero-order valence-corrected chi connectivity index (χ0v) is 21.1. The van der Waals surface area contributed by atoms with E-state index in [1.165, 1.54) is 18.4 Å². The van der Waals surface area contributed by atoms with Gasteiger partial charge in [0.15, 0.2) is 5.75 Å². The number of morpholine rings is 1. The highest BCUT2D eigenvalue weighted by Gasteiger charge is 2.25. The quantitative estimate of drug-likeness (QED) is 0.339. The zero-order chi connectivity index (χ0) is 25.5. The lowest BCUT2D eigenvalue weighted by molar-refractivity contribution is 0.122. The van der Waals surface area contributed by atoms with E-state index in [9.17, 15) is 4.79 Å². The Bertz CT molecular complexity index is 1560. The van der Waals surface area contributed by atoms with Crippen molar-refractivity contribution in [3.05, 3.63) is 93.7 Å². The molecule has 2 aliphatic heterocycles. The Morgan fingerprint density at radius 3 is 2.71 bits per heavy atom. The third-order valence-corrected chi connectivity index (χ3v) is 7.46. The van der Waals surface area contributed by atoms with Crippen LogP contribution in [0.4, 0.5) is 11.4 Å². The number of aromatic nitrogens is 3. The summed E-state index contributed by atoms with van der Waals surface area (Å²) in [6, 6.07) is 16.1. The summed E-state index contributed by atoms with van der Waals surface area (Å²) in [5.41, 5.74) is 7.63. The second-order valence-corrected chi connectivity index (χ2v) is 10.2. The minimum Gasteiger partial charge on any atom is -0.454 e. The van der Waals surface area contributed by atoms with Gasteiger partial charge in [-0.15, -0.1) is 0 Å². The number of pyridine rings is 3. The highest BCUT2D eigenvalue weighted by molar-refractivity contribution is 5.71. The Morgan fingerprint density at radius 2 is 1.84 bits per heavy atom. The fourth-order valence-electron chi connectivity index (χ4n) is 5.29. The van der Waals surface area contributed by atoms with Crippen LogP contribution < -0.4 is 20.5 Å². The molecule has 1 aliphatic carbocycles. The minimum atomic E-state index is -0.160. The van der Waals surface area contributed by atoms with E-state index in [2.05, 4.69) is 43.4 Å². The molecule has 4 aromatic rings. The summed E-state index contributed by atoms with van der Waals surface area (Å²) in [4.78, 5) is 26.8. The molecule has 8 heteroatoms. The molecule has 1 saturated carbocycles. The minimum absolute atomic E-state index is 0.160. The number of nitrogens with one attached hydrogen (secondary N) is 2. The molecule has 2 fully saturated rings. The number of benzene rings is 1. The molecule has 1 aromatic carbocycles. The Labute approximate surface area is 220 Å². The van der Waals surface area contributed by atoms with Gasteiger partial charge in [0.25, 0.3) is 5.56 Å². The van der Waals surface area contributed by atoms with Gasteiger partial charge in [0.05, 0.1) is 31.1 Å². The van der Waals surface area contributed by atoms with Crippen molar-refractivity contribution in [2.75, 3.05) is 36.5 Å². The molecule has 0 bridgehead atoms. The van der Waals surface area contributed by atoms with E-state index in [1.807, 2.05) is 30.5 Å². The normalized spacial score (nSPS) is 16.4. The molecular weight excluding hydrogens is 478 g/mol. The van der Waals surface area contributed by atoms with E-state index in [-0.39, 0.29) is 5.56 Å².